The van der Waals surface area contributed by atoms with Crippen molar-refractivity contribution in [3.63, 3.8) is 0 Å². The van der Waals surface area contributed by atoms with Gasteiger partial charge in [-0.1, -0.05) is 54.6 Å². The Morgan fingerprint density at radius 2 is 1.79 bits per heavy atom. The van der Waals surface area contributed by atoms with Crippen molar-refractivity contribution in [1.29, 1.82) is 0 Å². The average molecular weight is 458 g/mol. The first-order valence-electron chi connectivity index (χ1n) is 11.8. The van der Waals surface area contributed by atoms with E-state index in [-0.39, 0.29) is 17.9 Å². The van der Waals surface area contributed by atoms with E-state index in [1.165, 1.54) is 26.9 Å². The number of nitrogens with one attached hydrogen (secondary N) is 1. The van der Waals surface area contributed by atoms with E-state index in [0.29, 0.717) is 6.42 Å². The summed E-state index contributed by atoms with van der Waals surface area (Å²) in [5.74, 6) is 0.233. The first-order chi connectivity index (χ1) is 16.2. The maximum Gasteiger partial charge on any atom is 0.221 e. The second-order valence-electron chi connectivity index (χ2n) is 9.09. The fourth-order valence-corrected chi connectivity index (χ4v) is 5.90. The van der Waals surface area contributed by atoms with Gasteiger partial charge < -0.3 is 9.88 Å². The Bertz CT molecular complexity index is 1190. The number of thiophene rings is 1. The molecule has 2 aromatic carbocycles. The summed E-state index contributed by atoms with van der Waals surface area (Å²) in [7, 11) is 2.08. The monoisotopic (exact) mass is 457 g/mol. The molecule has 0 spiro atoms. The number of amides is 1. The molecule has 3 heterocycles. The lowest BCUT2D eigenvalue weighted by atomic mass is 9.93. The van der Waals surface area contributed by atoms with Crippen LogP contribution in [0.15, 0.2) is 78.3 Å². The van der Waals surface area contributed by atoms with Crippen LogP contribution in [-0.4, -0.2) is 34.5 Å². The topological polar surface area (TPSA) is 37.3 Å². The summed E-state index contributed by atoms with van der Waals surface area (Å²) >= 11 is 1.74. The van der Waals surface area contributed by atoms with E-state index in [2.05, 4.69) is 100 Å². The van der Waals surface area contributed by atoms with Crippen LogP contribution in [-0.2, 0) is 18.4 Å². The second-order valence-corrected chi connectivity index (χ2v) is 10.1. The van der Waals surface area contributed by atoms with E-state index in [1.807, 2.05) is 0 Å². The van der Waals surface area contributed by atoms with E-state index in [0.717, 1.165) is 32.5 Å². The van der Waals surface area contributed by atoms with Gasteiger partial charge in [0.25, 0.3) is 0 Å². The molecule has 1 unspecified atom stereocenters. The van der Waals surface area contributed by atoms with Crippen molar-refractivity contribution in [2.45, 2.75) is 37.8 Å². The lowest BCUT2D eigenvalue weighted by Crippen LogP contribution is -2.44. The van der Waals surface area contributed by atoms with Crippen LogP contribution in [0.2, 0.25) is 0 Å². The molecule has 0 radical (unpaired) electrons. The highest BCUT2D eigenvalue weighted by Gasteiger charge is 2.26. The van der Waals surface area contributed by atoms with Crippen molar-refractivity contribution in [2.24, 2.45) is 7.05 Å². The van der Waals surface area contributed by atoms with Crippen LogP contribution < -0.4 is 5.32 Å². The minimum atomic E-state index is 0.0780. The van der Waals surface area contributed by atoms with Crippen LogP contribution in [0.4, 0.5) is 0 Å². The first kappa shape index (κ1) is 21.9. The van der Waals surface area contributed by atoms with Crippen molar-refractivity contribution in [3.8, 4) is 0 Å². The van der Waals surface area contributed by atoms with Crippen LogP contribution in [0.1, 0.15) is 41.2 Å². The molecule has 5 heteroatoms. The van der Waals surface area contributed by atoms with Gasteiger partial charge in [0.2, 0.25) is 5.91 Å². The van der Waals surface area contributed by atoms with E-state index >= 15 is 0 Å². The van der Waals surface area contributed by atoms with Crippen molar-refractivity contribution in [3.05, 3.63) is 94.3 Å². The predicted molar refractivity (Wildman–Crippen MR) is 137 cm³/mol. The van der Waals surface area contributed by atoms with E-state index < -0.39 is 0 Å². The normalized spacial score (nSPS) is 16.2. The molecule has 170 valence electrons. The summed E-state index contributed by atoms with van der Waals surface area (Å²) < 4.78 is 2.17. The van der Waals surface area contributed by atoms with Crippen LogP contribution in [0.3, 0.4) is 0 Å². The molecule has 1 saturated heterocycles. The molecule has 4 nitrogen and oxygen atoms in total. The van der Waals surface area contributed by atoms with Gasteiger partial charge in [-0.15, -0.1) is 11.3 Å². The van der Waals surface area contributed by atoms with Crippen LogP contribution >= 0.6 is 11.3 Å². The number of carbonyl (C=O) groups is 1. The number of fused-ring (bicyclic) bond motifs is 1. The molecule has 1 amide bonds. The highest BCUT2D eigenvalue weighted by atomic mass is 32.1. The minimum Gasteiger partial charge on any atom is -0.353 e. The lowest BCUT2D eigenvalue weighted by Gasteiger charge is -2.32. The zero-order valence-electron chi connectivity index (χ0n) is 19.1. The van der Waals surface area contributed by atoms with Gasteiger partial charge in [0.1, 0.15) is 0 Å². The fraction of sp³-hybridized carbons (Fsp3) is 0.321. The highest BCUT2D eigenvalue weighted by Crippen LogP contribution is 2.36. The zero-order chi connectivity index (χ0) is 22.6. The number of piperidine rings is 1. The molecule has 2 aromatic heterocycles. The number of aryl methyl sites for hydroxylation is 1. The molecule has 1 N–H and O–H groups in total. The van der Waals surface area contributed by atoms with Crippen molar-refractivity contribution >= 4 is 28.1 Å². The average Bonchev–Trinajstić information content (AvgIpc) is 3.48. The van der Waals surface area contributed by atoms with Gasteiger partial charge in [-0.25, -0.2) is 0 Å². The van der Waals surface area contributed by atoms with Crippen molar-refractivity contribution < 1.29 is 4.79 Å². The number of para-hydroxylation sites is 1. The third-order valence-corrected chi connectivity index (χ3v) is 7.77. The number of hydrogen-bond acceptors (Lipinski definition) is 3. The maximum absolute atomic E-state index is 13.2. The van der Waals surface area contributed by atoms with Gasteiger partial charge >= 0.3 is 0 Å². The third kappa shape index (κ3) is 5.05. The molecule has 1 aliphatic heterocycles. The number of benzene rings is 2. The Balaban J connectivity index is 1.24. The molecule has 4 aromatic rings. The summed E-state index contributed by atoms with van der Waals surface area (Å²) in [6.07, 6.45) is 4.70. The predicted octanol–water partition coefficient (Wildman–Crippen LogP) is 5.54. The molecule has 1 atom stereocenters. The zero-order valence-corrected chi connectivity index (χ0v) is 19.9. The standard InChI is InChI=1S/C28H31N3OS/c1-30-20-25(23-10-5-6-11-26(23)30)24(27-12-7-17-33-27)18-28(32)29-22-13-15-31(16-14-22)19-21-8-3-2-4-9-21/h2-12,17,20,22,24H,13-16,18-19H2,1H3,(H,29,32). The molecule has 0 saturated carbocycles. The summed E-state index contributed by atoms with van der Waals surface area (Å²) in [5.41, 5.74) is 3.80. The molecule has 0 bridgehead atoms. The summed E-state index contributed by atoms with van der Waals surface area (Å²) in [4.78, 5) is 16.9. The lowest BCUT2D eigenvalue weighted by molar-refractivity contribution is -0.122. The Kier molecular flexibility index (Phi) is 6.60. The van der Waals surface area contributed by atoms with Crippen LogP contribution in [0.5, 0.6) is 0 Å². The Morgan fingerprint density at radius 3 is 2.55 bits per heavy atom. The van der Waals surface area contributed by atoms with Gasteiger partial charge in [0, 0.05) is 67.0 Å². The maximum atomic E-state index is 13.2. The number of likely N-dealkylation sites (tertiary alicyclic amines) is 1. The molecule has 1 aliphatic rings. The van der Waals surface area contributed by atoms with Gasteiger partial charge in [-0.05, 0) is 41.5 Å². The molecular weight excluding hydrogens is 426 g/mol. The number of aromatic nitrogens is 1. The highest BCUT2D eigenvalue weighted by molar-refractivity contribution is 7.10. The van der Waals surface area contributed by atoms with Gasteiger partial charge in [0.05, 0.1) is 0 Å². The second kappa shape index (κ2) is 9.94. The van der Waals surface area contributed by atoms with Gasteiger partial charge in [-0.2, -0.15) is 0 Å². The Morgan fingerprint density at radius 1 is 1.03 bits per heavy atom. The van der Waals surface area contributed by atoms with E-state index in [4.69, 9.17) is 0 Å². The fourth-order valence-electron chi connectivity index (χ4n) is 5.05. The number of hydrogen-bond donors (Lipinski definition) is 1. The SMILES string of the molecule is Cn1cc(C(CC(=O)NC2CCN(Cc3ccccc3)CC2)c2cccs2)c2ccccc21. The number of rotatable bonds is 7. The van der Waals surface area contributed by atoms with Crippen LogP contribution in [0.25, 0.3) is 10.9 Å². The van der Waals surface area contributed by atoms with E-state index in [1.54, 1.807) is 11.3 Å². The van der Waals surface area contributed by atoms with Crippen molar-refractivity contribution in [1.82, 2.24) is 14.8 Å². The largest absolute Gasteiger partial charge is 0.353 e. The number of nitrogens with zero attached hydrogens (tertiary/aromatic N) is 2. The smallest absolute Gasteiger partial charge is 0.221 e. The molecule has 1 fully saturated rings. The summed E-state index contributed by atoms with van der Waals surface area (Å²) in [6, 6.07) is 23.6. The molecule has 5 rings (SSSR count). The third-order valence-electron chi connectivity index (χ3n) is 6.78. The number of carbonyl (C=O) groups excluding carboxylic acids is 1. The van der Waals surface area contributed by atoms with Gasteiger partial charge in [0.15, 0.2) is 0 Å². The molecule has 33 heavy (non-hydrogen) atoms. The quantitative estimate of drug-likeness (QED) is 0.395. The Labute approximate surface area is 199 Å². The first-order valence-corrected chi connectivity index (χ1v) is 12.7. The van der Waals surface area contributed by atoms with Gasteiger partial charge in [-0.3, -0.25) is 9.69 Å². The van der Waals surface area contributed by atoms with Crippen LogP contribution in [0, 0.1) is 0 Å². The molecule has 0 aliphatic carbocycles. The minimum absolute atomic E-state index is 0.0780. The van der Waals surface area contributed by atoms with E-state index in [9.17, 15) is 4.79 Å². The summed E-state index contributed by atoms with van der Waals surface area (Å²) in [6.45, 7) is 3.04. The summed E-state index contributed by atoms with van der Waals surface area (Å²) in [5, 5.41) is 6.69. The molecular formula is C28H31N3OS. The van der Waals surface area contributed by atoms with Crippen molar-refractivity contribution in [2.75, 3.05) is 13.1 Å². The Hall–Kier alpha value is -2.89.